The molecule has 5 rings (SSSR count). The van der Waals surface area contributed by atoms with Gasteiger partial charge in [-0.05, 0) is 50.0 Å². The van der Waals surface area contributed by atoms with Crippen molar-refractivity contribution in [3.8, 4) is 10.6 Å². The zero-order valence-corrected chi connectivity index (χ0v) is 17.5. The fourth-order valence-electron chi connectivity index (χ4n) is 4.11. The van der Waals surface area contributed by atoms with Crippen LogP contribution < -0.4 is 0 Å². The number of hydrogen-bond donors (Lipinski definition) is 0. The van der Waals surface area contributed by atoms with E-state index in [-0.39, 0.29) is 0 Å². The van der Waals surface area contributed by atoms with Crippen LogP contribution in [0.1, 0.15) is 42.8 Å². The molecule has 4 aromatic rings. The standard InChI is InChI=1S/C23H25N5S/c1-2-17-6-8-19(9-7-17)23-24-20(16-29-23)15-27-13-10-18(11-14-27)22-26-25-21-5-3-4-12-28(21)22/h3-9,12,16,18H,2,10-11,13-15H2,1H3. The molecular weight excluding hydrogens is 378 g/mol. The van der Waals surface area contributed by atoms with Gasteiger partial charge in [-0.15, -0.1) is 21.5 Å². The Morgan fingerprint density at radius 2 is 1.86 bits per heavy atom. The van der Waals surface area contributed by atoms with Crippen LogP contribution in [0.15, 0.2) is 54.0 Å². The summed E-state index contributed by atoms with van der Waals surface area (Å²) in [5, 5.41) is 12.1. The Kier molecular flexibility index (Phi) is 5.12. The molecule has 0 spiro atoms. The van der Waals surface area contributed by atoms with Crippen LogP contribution >= 0.6 is 11.3 Å². The van der Waals surface area contributed by atoms with Crippen LogP contribution in [0.5, 0.6) is 0 Å². The highest BCUT2D eigenvalue weighted by Crippen LogP contribution is 2.29. The molecule has 1 aliphatic heterocycles. The van der Waals surface area contributed by atoms with Crippen LogP contribution in [0.25, 0.3) is 16.2 Å². The van der Waals surface area contributed by atoms with Gasteiger partial charge in [0.25, 0.3) is 0 Å². The summed E-state index contributed by atoms with van der Waals surface area (Å²) in [5.74, 6) is 1.58. The van der Waals surface area contributed by atoms with Gasteiger partial charge in [0.05, 0.1) is 5.69 Å². The molecule has 0 atom stereocenters. The lowest BCUT2D eigenvalue weighted by Gasteiger charge is -2.30. The molecule has 4 heterocycles. The van der Waals surface area contributed by atoms with E-state index in [0.717, 1.165) is 55.4 Å². The second-order valence-electron chi connectivity index (χ2n) is 7.73. The van der Waals surface area contributed by atoms with E-state index in [2.05, 4.69) is 62.3 Å². The van der Waals surface area contributed by atoms with Crippen molar-refractivity contribution in [2.24, 2.45) is 0 Å². The highest BCUT2D eigenvalue weighted by Gasteiger charge is 2.24. The van der Waals surface area contributed by atoms with Crippen molar-refractivity contribution >= 4 is 17.0 Å². The second-order valence-corrected chi connectivity index (χ2v) is 8.59. The highest BCUT2D eigenvalue weighted by molar-refractivity contribution is 7.13. The molecule has 0 aliphatic carbocycles. The van der Waals surface area contributed by atoms with Crippen LogP contribution in [-0.4, -0.2) is 37.6 Å². The van der Waals surface area contributed by atoms with E-state index < -0.39 is 0 Å². The van der Waals surface area contributed by atoms with Gasteiger partial charge in [-0.3, -0.25) is 9.30 Å². The Hall–Kier alpha value is -2.57. The first kappa shape index (κ1) is 18.5. The summed E-state index contributed by atoms with van der Waals surface area (Å²) in [5.41, 5.74) is 4.70. The molecule has 3 aromatic heterocycles. The molecule has 0 unspecified atom stereocenters. The fourth-order valence-corrected chi connectivity index (χ4v) is 4.93. The number of aromatic nitrogens is 4. The normalized spacial score (nSPS) is 15.9. The van der Waals surface area contributed by atoms with E-state index >= 15 is 0 Å². The molecule has 1 aromatic carbocycles. The molecule has 0 radical (unpaired) electrons. The molecule has 0 saturated carbocycles. The summed E-state index contributed by atoms with van der Waals surface area (Å²) in [6.45, 7) is 5.26. The first-order valence-corrected chi connectivity index (χ1v) is 11.2. The Morgan fingerprint density at radius 1 is 1.03 bits per heavy atom. The molecule has 29 heavy (non-hydrogen) atoms. The monoisotopic (exact) mass is 403 g/mol. The van der Waals surface area contributed by atoms with Crippen LogP contribution in [0, 0.1) is 0 Å². The fraction of sp³-hybridized carbons (Fsp3) is 0.348. The Labute approximate surface area is 175 Å². The lowest BCUT2D eigenvalue weighted by molar-refractivity contribution is 0.199. The maximum atomic E-state index is 4.89. The van der Waals surface area contributed by atoms with E-state index in [0.29, 0.717) is 5.92 Å². The van der Waals surface area contributed by atoms with E-state index in [1.54, 1.807) is 11.3 Å². The Balaban J connectivity index is 1.21. The number of rotatable bonds is 5. The number of likely N-dealkylation sites (tertiary alicyclic amines) is 1. The summed E-state index contributed by atoms with van der Waals surface area (Å²) in [6, 6.07) is 14.9. The van der Waals surface area contributed by atoms with Crippen molar-refractivity contribution in [1.82, 2.24) is 24.5 Å². The number of nitrogens with zero attached hydrogens (tertiary/aromatic N) is 5. The molecule has 1 aliphatic rings. The van der Waals surface area contributed by atoms with Gasteiger partial charge in [0, 0.05) is 29.6 Å². The number of pyridine rings is 1. The van der Waals surface area contributed by atoms with Crippen molar-refractivity contribution in [1.29, 1.82) is 0 Å². The number of benzene rings is 1. The SMILES string of the molecule is CCc1ccc(-c2nc(CN3CCC(c4nnc5ccccn45)CC3)cs2)cc1. The van der Waals surface area contributed by atoms with Gasteiger partial charge in [-0.2, -0.15) is 0 Å². The lowest BCUT2D eigenvalue weighted by Crippen LogP contribution is -2.33. The minimum atomic E-state index is 0.478. The molecule has 1 fully saturated rings. The predicted octanol–water partition coefficient (Wildman–Crippen LogP) is 4.79. The number of hydrogen-bond acceptors (Lipinski definition) is 5. The zero-order valence-electron chi connectivity index (χ0n) is 16.7. The molecule has 148 valence electrons. The number of aryl methyl sites for hydroxylation is 1. The highest BCUT2D eigenvalue weighted by atomic mass is 32.1. The maximum Gasteiger partial charge on any atom is 0.160 e. The summed E-state index contributed by atoms with van der Waals surface area (Å²) >= 11 is 1.75. The Morgan fingerprint density at radius 3 is 2.66 bits per heavy atom. The summed E-state index contributed by atoms with van der Waals surface area (Å²) < 4.78 is 2.14. The second kappa shape index (κ2) is 8.05. The largest absolute Gasteiger partial charge is 0.297 e. The molecule has 1 saturated heterocycles. The van der Waals surface area contributed by atoms with Crippen molar-refractivity contribution in [2.75, 3.05) is 13.1 Å². The molecular formula is C23H25N5S. The summed E-state index contributed by atoms with van der Waals surface area (Å²) in [4.78, 5) is 7.40. The van der Waals surface area contributed by atoms with Crippen molar-refractivity contribution in [3.05, 3.63) is 71.1 Å². The van der Waals surface area contributed by atoms with E-state index in [4.69, 9.17) is 4.98 Å². The third kappa shape index (κ3) is 3.82. The van der Waals surface area contributed by atoms with E-state index in [1.165, 1.54) is 16.8 Å². The number of piperidine rings is 1. The van der Waals surface area contributed by atoms with E-state index in [9.17, 15) is 0 Å². The van der Waals surface area contributed by atoms with E-state index in [1.807, 2.05) is 18.2 Å². The number of fused-ring (bicyclic) bond motifs is 1. The van der Waals surface area contributed by atoms with Gasteiger partial charge >= 0.3 is 0 Å². The van der Waals surface area contributed by atoms with Crippen LogP contribution in [0.4, 0.5) is 0 Å². The van der Waals surface area contributed by atoms with Crippen LogP contribution in [-0.2, 0) is 13.0 Å². The predicted molar refractivity (Wildman–Crippen MR) is 117 cm³/mol. The van der Waals surface area contributed by atoms with Gasteiger partial charge in [0.2, 0.25) is 0 Å². The third-order valence-electron chi connectivity index (χ3n) is 5.84. The van der Waals surface area contributed by atoms with Gasteiger partial charge in [0.1, 0.15) is 10.8 Å². The lowest BCUT2D eigenvalue weighted by atomic mass is 9.96. The zero-order chi connectivity index (χ0) is 19.6. The first-order chi connectivity index (χ1) is 14.3. The van der Waals surface area contributed by atoms with Gasteiger partial charge in [0.15, 0.2) is 5.65 Å². The molecule has 6 heteroatoms. The smallest absolute Gasteiger partial charge is 0.160 e. The average Bonchev–Trinajstić information content (AvgIpc) is 3.42. The molecule has 0 amide bonds. The minimum absolute atomic E-state index is 0.478. The number of thiazole rings is 1. The summed E-state index contributed by atoms with van der Waals surface area (Å²) in [6.07, 6.45) is 5.38. The topological polar surface area (TPSA) is 46.3 Å². The first-order valence-electron chi connectivity index (χ1n) is 10.4. The molecule has 0 N–H and O–H groups in total. The van der Waals surface area contributed by atoms with Gasteiger partial charge < -0.3 is 0 Å². The molecule has 0 bridgehead atoms. The van der Waals surface area contributed by atoms with Crippen molar-refractivity contribution in [2.45, 2.75) is 38.6 Å². The average molecular weight is 404 g/mol. The van der Waals surface area contributed by atoms with Crippen molar-refractivity contribution in [3.63, 3.8) is 0 Å². The van der Waals surface area contributed by atoms with Crippen LogP contribution in [0.3, 0.4) is 0 Å². The summed E-state index contributed by atoms with van der Waals surface area (Å²) in [7, 11) is 0. The van der Waals surface area contributed by atoms with Gasteiger partial charge in [-0.25, -0.2) is 4.98 Å². The minimum Gasteiger partial charge on any atom is -0.297 e. The maximum absolute atomic E-state index is 4.89. The van der Waals surface area contributed by atoms with Crippen molar-refractivity contribution < 1.29 is 0 Å². The van der Waals surface area contributed by atoms with Crippen LogP contribution in [0.2, 0.25) is 0 Å². The quantitative estimate of drug-likeness (QED) is 0.480. The third-order valence-corrected chi connectivity index (χ3v) is 6.78. The Bertz CT molecular complexity index is 1090. The van der Waals surface area contributed by atoms with Gasteiger partial charge in [-0.1, -0.05) is 37.3 Å². The molecule has 5 nitrogen and oxygen atoms in total.